The fraction of sp³-hybridized carbons (Fsp3) is 0.0833. The molecule has 4 heteroatoms. The second kappa shape index (κ2) is 3.41. The smallest absolute Gasteiger partial charge is 0.129 e. The number of phenols is 1. The lowest BCUT2D eigenvalue weighted by Gasteiger charge is -2.18. The van der Waals surface area contributed by atoms with Gasteiger partial charge in [0.25, 0.3) is 0 Å². The summed E-state index contributed by atoms with van der Waals surface area (Å²) in [6.45, 7) is 0.508. The molecule has 3 rings (SSSR count). The molecule has 0 spiro atoms. The lowest BCUT2D eigenvalue weighted by molar-refractivity contribution is 0.358. The van der Waals surface area contributed by atoms with Gasteiger partial charge in [-0.2, -0.15) is 0 Å². The summed E-state index contributed by atoms with van der Waals surface area (Å²) in [5, 5.41) is 9.40. The molecule has 1 N–H and O–H groups in total. The number of fused-ring (bicyclic) bond motifs is 1. The van der Waals surface area contributed by atoms with Crippen LogP contribution in [0.25, 0.3) is 11.8 Å². The van der Waals surface area contributed by atoms with Crippen molar-refractivity contribution in [2.75, 3.05) is 6.61 Å². The zero-order valence-electron chi connectivity index (χ0n) is 8.50. The van der Waals surface area contributed by atoms with Crippen molar-refractivity contribution in [2.45, 2.75) is 0 Å². The maximum atomic E-state index is 9.40. The summed E-state index contributed by atoms with van der Waals surface area (Å²) in [6, 6.07) is 5.08. The number of nitrogens with zero attached hydrogens (tertiary/aromatic N) is 2. The summed E-state index contributed by atoms with van der Waals surface area (Å²) in [4.78, 5) is 3.99. The molecule has 16 heavy (non-hydrogen) atoms. The second-order valence-electron chi connectivity index (χ2n) is 3.62. The van der Waals surface area contributed by atoms with E-state index in [1.54, 1.807) is 30.7 Å². The lowest BCUT2D eigenvalue weighted by Crippen LogP contribution is -2.10. The summed E-state index contributed by atoms with van der Waals surface area (Å²) >= 11 is 0. The Bertz CT molecular complexity index is 544. The molecule has 0 unspecified atom stereocenters. The van der Waals surface area contributed by atoms with E-state index in [2.05, 4.69) is 4.98 Å². The molecule has 0 amide bonds. The first-order valence-corrected chi connectivity index (χ1v) is 4.98. The highest BCUT2D eigenvalue weighted by atomic mass is 16.5. The van der Waals surface area contributed by atoms with Crippen LogP contribution in [-0.2, 0) is 0 Å². The molecular weight excluding hydrogens is 204 g/mol. The fourth-order valence-corrected chi connectivity index (χ4v) is 1.73. The van der Waals surface area contributed by atoms with Gasteiger partial charge in [-0.15, -0.1) is 0 Å². The van der Waals surface area contributed by atoms with Crippen LogP contribution in [0.15, 0.2) is 36.9 Å². The molecule has 2 aromatic rings. The van der Waals surface area contributed by atoms with Crippen LogP contribution in [0.4, 0.5) is 0 Å². The summed E-state index contributed by atoms with van der Waals surface area (Å²) in [7, 11) is 0. The highest BCUT2D eigenvalue weighted by Crippen LogP contribution is 2.30. The number of benzene rings is 1. The quantitative estimate of drug-likeness (QED) is 0.789. The molecule has 0 saturated carbocycles. The zero-order chi connectivity index (χ0) is 11.0. The number of aromatic hydroxyl groups is 1. The van der Waals surface area contributed by atoms with Crippen molar-refractivity contribution in [3.05, 3.63) is 42.5 Å². The van der Waals surface area contributed by atoms with Crippen molar-refractivity contribution in [3.8, 4) is 11.5 Å². The van der Waals surface area contributed by atoms with Crippen LogP contribution in [0.5, 0.6) is 11.5 Å². The third-order valence-corrected chi connectivity index (χ3v) is 2.53. The van der Waals surface area contributed by atoms with Gasteiger partial charge in [-0.3, -0.25) is 0 Å². The van der Waals surface area contributed by atoms with Crippen LogP contribution in [-0.4, -0.2) is 21.3 Å². The Balaban J connectivity index is 2.07. The van der Waals surface area contributed by atoms with E-state index in [1.807, 2.05) is 16.8 Å². The lowest BCUT2D eigenvalue weighted by atomic mass is 10.1. The Kier molecular flexibility index (Phi) is 1.93. The van der Waals surface area contributed by atoms with Gasteiger partial charge < -0.3 is 14.4 Å². The minimum absolute atomic E-state index is 0.241. The highest BCUT2D eigenvalue weighted by Gasteiger charge is 2.12. The van der Waals surface area contributed by atoms with Gasteiger partial charge in [-0.1, -0.05) is 0 Å². The number of rotatable bonds is 1. The molecule has 0 bridgehead atoms. The van der Waals surface area contributed by atoms with Crippen LogP contribution in [0.2, 0.25) is 0 Å². The van der Waals surface area contributed by atoms with Gasteiger partial charge in [0.2, 0.25) is 0 Å². The van der Waals surface area contributed by atoms with E-state index < -0.39 is 0 Å². The topological polar surface area (TPSA) is 47.3 Å². The van der Waals surface area contributed by atoms with E-state index in [-0.39, 0.29) is 5.75 Å². The van der Waals surface area contributed by atoms with E-state index in [0.29, 0.717) is 6.61 Å². The molecule has 1 aromatic carbocycles. The number of aromatic nitrogens is 2. The minimum atomic E-state index is 0.241. The average molecular weight is 214 g/mol. The highest BCUT2D eigenvalue weighted by molar-refractivity contribution is 5.77. The summed E-state index contributed by atoms with van der Waals surface area (Å²) < 4.78 is 7.48. The molecule has 4 nitrogen and oxygen atoms in total. The molecule has 0 atom stereocenters. The molecule has 1 aromatic heterocycles. The monoisotopic (exact) mass is 214 g/mol. The van der Waals surface area contributed by atoms with Gasteiger partial charge in [-0.25, -0.2) is 4.98 Å². The van der Waals surface area contributed by atoms with E-state index in [0.717, 1.165) is 17.0 Å². The Labute approximate surface area is 92.4 Å². The molecule has 80 valence electrons. The van der Waals surface area contributed by atoms with E-state index in [4.69, 9.17) is 4.74 Å². The Morgan fingerprint density at radius 3 is 3.12 bits per heavy atom. The average Bonchev–Trinajstić information content (AvgIpc) is 2.81. The number of phenolic OH excluding ortho intramolecular Hbond substituents is 1. The molecule has 2 heterocycles. The molecule has 0 fully saturated rings. The maximum absolute atomic E-state index is 9.40. The van der Waals surface area contributed by atoms with Crippen LogP contribution >= 0.6 is 0 Å². The van der Waals surface area contributed by atoms with Crippen molar-refractivity contribution < 1.29 is 9.84 Å². The fourth-order valence-electron chi connectivity index (χ4n) is 1.73. The minimum Gasteiger partial charge on any atom is -0.508 e. The molecule has 1 aliphatic rings. The van der Waals surface area contributed by atoms with E-state index >= 15 is 0 Å². The molecule has 0 saturated heterocycles. The predicted octanol–water partition coefficient (Wildman–Crippen LogP) is 1.98. The third-order valence-electron chi connectivity index (χ3n) is 2.53. The largest absolute Gasteiger partial charge is 0.508 e. The molecule has 0 radical (unpaired) electrons. The Morgan fingerprint density at radius 1 is 1.38 bits per heavy atom. The third kappa shape index (κ3) is 1.44. The summed E-state index contributed by atoms with van der Waals surface area (Å²) in [5.74, 6) is 1.03. The SMILES string of the molecule is Oc1ccc2c(c1)C=C(n1ccnc1)CO2. The number of hydrogen-bond acceptors (Lipinski definition) is 3. The second-order valence-corrected chi connectivity index (χ2v) is 3.62. The van der Waals surface area contributed by atoms with Crippen LogP contribution < -0.4 is 4.74 Å². The van der Waals surface area contributed by atoms with Gasteiger partial charge in [0.15, 0.2) is 0 Å². The van der Waals surface area contributed by atoms with Gasteiger partial charge in [0, 0.05) is 18.0 Å². The number of imidazole rings is 1. The summed E-state index contributed by atoms with van der Waals surface area (Å²) in [5.41, 5.74) is 1.88. The first-order valence-electron chi connectivity index (χ1n) is 4.98. The van der Waals surface area contributed by atoms with Crippen molar-refractivity contribution in [1.29, 1.82) is 0 Å². The molecule has 0 aliphatic carbocycles. The number of hydrogen-bond donors (Lipinski definition) is 1. The normalized spacial score (nSPS) is 13.9. The van der Waals surface area contributed by atoms with Crippen molar-refractivity contribution >= 4 is 11.8 Å². The number of ether oxygens (including phenoxy) is 1. The van der Waals surface area contributed by atoms with Crippen molar-refractivity contribution in [1.82, 2.24) is 9.55 Å². The van der Waals surface area contributed by atoms with Gasteiger partial charge in [0.05, 0.1) is 12.0 Å². The van der Waals surface area contributed by atoms with Gasteiger partial charge >= 0.3 is 0 Å². The van der Waals surface area contributed by atoms with Gasteiger partial charge in [0.1, 0.15) is 18.1 Å². The van der Waals surface area contributed by atoms with Gasteiger partial charge in [-0.05, 0) is 24.3 Å². The zero-order valence-corrected chi connectivity index (χ0v) is 8.50. The maximum Gasteiger partial charge on any atom is 0.129 e. The van der Waals surface area contributed by atoms with Crippen LogP contribution in [0, 0.1) is 0 Å². The van der Waals surface area contributed by atoms with Crippen LogP contribution in [0.1, 0.15) is 5.56 Å². The standard InChI is InChI=1S/C12H10N2O2/c15-11-1-2-12-9(6-11)5-10(7-16-12)14-4-3-13-8-14/h1-6,8,15H,7H2. The van der Waals surface area contributed by atoms with E-state index in [9.17, 15) is 5.11 Å². The molecular formula is C12H10N2O2. The summed E-state index contributed by atoms with van der Waals surface area (Å²) in [6.07, 6.45) is 7.30. The Morgan fingerprint density at radius 2 is 2.31 bits per heavy atom. The first-order chi connectivity index (χ1) is 7.83. The first kappa shape index (κ1) is 9.03. The van der Waals surface area contributed by atoms with Crippen molar-refractivity contribution in [2.24, 2.45) is 0 Å². The van der Waals surface area contributed by atoms with E-state index in [1.165, 1.54) is 0 Å². The van der Waals surface area contributed by atoms with Crippen molar-refractivity contribution in [3.63, 3.8) is 0 Å². The predicted molar refractivity (Wildman–Crippen MR) is 60.0 cm³/mol. The Hall–Kier alpha value is -2.23. The molecule has 1 aliphatic heterocycles. The van der Waals surface area contributed by atoms with Crippen LogP contribution in [0.3, 0.4) is 0 Å².